The zero-order valence-corrected chi connectivity index (χ0v) is 13.1. The number of amides is 1. The minimum atomic E-state index is -4.33. The van der Waals surface area contributed by atoms with Gasteiger partial charge < -0.3 is 10.6 Å². The van der Waals surface area contributed by atoms with Crippen molar-refractivity contribution >= 4 is 5.91 Å². The summed E-state index contributed by atoms with van der Waals surface area (Å²) in [5, 5.41) is 6.03. The van der Waals surface area contributed by atoms with E-state index in [4.69, 9.17) is 0 Å². The minimum absolute atomic E-state index is 0.0929. The molecule has 0 aromatic heterocycles. The number of benzene rings is 1. The molecular weight excluding hydrogens is 293 g/mol. The van der Waals surface area contributed by atoms with Crippen LogP contribution < -0.4 is 10.6 Å². The molecule has 1 aromatic carbocycles. The van der Waals surface area contributed by atoms with Crippen molar-refractivity contribution < 1.29 is 18.0 Å². The van der Waals surface area contributed by atoms with Crippen molar-refractivity contribution in [2.45, 2.75) is 39.4 Å². The second-order valence-corrected chi connectivity index (χ2v) is 5.50. The van der Waals surface area contributed by atoms with Crippen molar-refractivity contribution in [1.82, 2.24) is 10.6 Å². The number of carbonyl (C=O) groups is 1. The Bertz CT molecular complexity index is 471. The normalized spacial score (nSPS) is 14.5. The fourth-order valence-corrected chi connectivity index (χ4v) is 2.12. The van der Waals surface area contributed by atoms with Crippen LogP contribution in [0, 0.1) is 5.92 Å². The molecule has 0 aliphatic carbocycles. The van der Waals surface area contributed by atoms with E-state index in [2.05, 4.69) is 10.6 Å². The number of carbonyl (C=O) groups excluding carboxylic acids is 1. The summed E-state index contributed by atoms with van der Waals surface area (Å²) in [5.41, 5.74) is 0.0446. The van der Waals surface area contributed by atoms with Gasteiger partial charge >= 0.3 is 6.18 Å². The van der Waals surface area contributed by atoms with E-state index in [1.807, 2.05) is 13.8 Å². The van der Waals surface area contributed by atoms with E-state index in [-0.39, 0.29) is 17.9 Å². The predicted molar refractivity (Wildman–Crippen MR) is 80.5 cm³/mol. The van der Waals surface area contributed by atoms with E-state index in [0.717, 1.165) is 24.2 Å². The summed E-state index contributed by atoms with van der Waals surface area (Å²) in [6, 6.07) is 5.13. The number of halogens is 3. The van der Waals surface area contributed by atoms with Crippen molar-refractivity contribution in [3.8, 4) is 0 Å². The lowest BCUT2D eigenvalue weighted by molar-refractivity contribution is -0.137. The maximum Gasteiger partial charge on any atom is 0.416 e. The van der Waals surface area contributed by atoms with Gasteiger partial charge in [-0.2, -0.15) is 13.2 Å². The van der Waals surface area contributed by atoms with Gasteiger partial charge in [0.15, 0.2) is 0 Å². The fraction of sp³-hybridized carbons (Fsp3) is 0.562. The first-order valence-electron chi connectivity index (χ1n) is 7.41. The van der Waals surface area contributed by atoms with Crippen LogP contribution in [0.5, 0.6) is 0 Å². The molecule has 0 radical (unpaired) electrons. The van der Waals surface area contributed by atoms with Gasteiger partial charge in [-0.05, 0) is 37.6 Å². The number of hydrogen-bond donors (Lipinski definition) is 2. The largest absolute Gasteiger partial charge is 0.416 e. The lowest BCUT2D eigenvalue weighted by Gasteiger charge is -2.16. The van der Waals surface area contributed by atoms with E-state index in [9.17, 15) is 18.0 Å². The summed E-state index contributed by atoms with van der Waals surface area (Å²) < 4.78 is 37.4. The summed E-state index contributed by atoms with van der Waals surface area (Å²) in [7, 11) is 0. The molecule has 0 spiro atoms. The van der Waals surface area contributed by atoms with Gasteiger partial charge in [0.1, 0.15) is 0 Å². The van der Waals surface area contributed by atoms with E-state index in [1.165, 1.54) is 12.1 Å². The molecule has 0 saturated carbocycles. The van der Waals surface area contributed by atoms with Gasteiger partial charge in [0.2, 0.25) is 5.91 Å². The molecule has 0 saturated heterocycles. The van der Waals surface area contributed by atoms with Crippen LogP contribution in [0.15, 0.2) is 24.3 Å². The van der Waals surface area contributed by atoms with Crippen LogP contribution in [0.25, 0.3) is 0 Å². The summed E-state index contributed by atoms with van der Waals surface area (Å²) in [4.78, 5) is 12.0. The van der Waals surface area contributed by atoms with Crippen LogP contribution in [-0.4, -0.2) is 25.0 Å². The lowest BCUT2D eigenvalue weighted by atomic mass is 9.99. The molecule has 1 aromatic rings. The van der Waals surface area contributed by atoms with Crippen molar-refractivity contribution in [3.63, 3.8) is 0 Å². The maximum atomic E-state index is 12.5. The summed E-state index contributed by atoms with van der Waals surface area (Å²) in [5.74, 6) is -0.379. The Morgan fingerprint density at radius 3 is 2.27 bits per heavy atom. The quantitative estimate of drug-likeness (QED) is 0.812. The van der Waals surface area contributed by atoms with Gasteiger partial charge in [0.05, 0.1) is 5.56 Å². The Morgan fingerprint density at radius 1 is 1.18 bits per heavy atom. The average Bonchev–Trinajstić information content (AvgIpc) is 2.44. The first-order valence-corrected chi connectivity index (χ1v) is 7.41. The Kier molecular flexibility index (Phi) is 6.87. The highest BCUT2D eigenvalue weighted by atomic mass is 19.4. The molecule has 0 aliphatic rings. The number of nitrogens with one attached hydrogen (secondary N) is 2. The van der Waals surface area contributed by atoms with Crippen LogP contribution in [-0.2, 0) is 17.4 Å². The molecule has 2 N–H and O–H groups in total. The van der Waals surface area contributed by atoms with Crippen molar-refractivity contribution in [1.29, 1.82) is 0 Å². The van der Waals surface area contributed by atoms with Gasteiger partial charge in [-0.25, -0.2) is 0 Å². The molecule has 6 heteroatoms. The van der Waals surface area contributed by atoms with Crippen LogP contribution >= 0.6 is 0 Å². The molecule has 2 atom stereocenters. The molecule has 0 heterocycles. The fourth-order valence-electron chi connectivity index (χ4n) is 2.12. The van der Waals surface area contributed by atoms with E-state index < -0.39 is 11.7 Å². The van der Waals surface area contributed by atoms with Gasteiger partial charge in [0.25, 0.3) is 0 Å². The van der Waals surface area contributed by atoms with Crippen molar-refractivity contribution in [3.05, 3.63) is 35.4 Å². The van der Waals surface area contributed by atoms with Gasteiger partial charge in [-0.1, -0.05) is 26.0 Å². The molecule has 1 rings (SSSR count). The second-order valence-electron chi connectivity index (χ2n) is 5.50. The minimum Gasteiger partial charge on any atom is -0.354 e. The number of hydrogen-bond acceptors (Lipinski definition) is 2. The summed E-state index contributed by atoms with van der Waals surface area (Å²) >= 11 is 0. The molecular formula is C16H23F3N2O. The Balaban J connectivity index is 2.50. The first kappa shape index (κ1) is 18.5. The standard InChI is InChI=1S/C16H23F3N2O/c1-4-20-12(3)10-21-15(22)11(2)9-13-5-7-14(8-6-13)16(17,18)19/h5-8,11-12,20H,4,9-10H2,1-3H3,(H,21,22)/t11?,12-/m1/s1. The Hall–Kier alpha value is -1.56. The summed E-state index contributed by atoms with van der Waals surface area (Å²) in [6.07, 6.45) is -3.91. The zero-order valence-electron chi connectivity index (χ0n) is 13.1. The number of alkyl halides is 3. The van der Waals surface area contributed by atoms with Crippen LogP contribution in [0.4, 0.5) is 13.2 Å². The average molecular weight is 316 g/mol. The van der Waals surface area contributed by atoms with Crippen molar-refractivity contribution in [2.75, 3.05) is 13.1 Å². The second kappa shape index (κ2) is 8.17. The molecule has 0 fully saturated rings. The van der Waals surface area contributed by atoms with Crippen LogP contribution in [0.1, 0.15) is 31.9 Å². The Morgan fingerprint density at radius 2 is 1.77 bits per heavy atom. The highest BCUT2D eigenvalue weighted by Gasteiger charge is 2.30. The molecule has 3 nitrogen and oxygen atoms in total. The highest BCUT2D eigenvalue weighted by Crippen LogP contribution is 2.29. The monoisotopic (exact) mass is 316 g/mol. The Labute approximate surface area is 129 Å². The van der Waals surface area contributed by atoms with Gasteiger partial charge in [0, 0.05) is 18.5 Å². The van der Waals surface area contributed by atoms with E-state index in [0.29, 0.717) is 13.0 Å². The molecule has 1 unspecified atom stereocenters. The van der Waals surface area contributed by atoms with Gasteiger partial charge in [-0.15, -0.1) is 0 Å². The molecule has 124 valence electrons. The third-order valence-electron chi connectivity index (χ3n) is 3.41. The van der Waals surface area contributed by atoms with Crippen molar-refractivity contribution in [2.24, 2.45) is 5.92 Å². The van der Waals surface area contributed by atoms with Gasteiger partial charge in [-0.3, -0.25) is 4.79 Å². The van der Waals surface area contributed by atoms with E-state index >= 15 is 0 Å². The smallest absolute Gasteiger partial charge is 0.354 e. The highest BCUT2D eigenvalue weighted by molar-refractivity contribution is 5.78. The molecule has 22 heavy (non-hydrogen) atoms. The predicted octanol–water partition coefficient (Wildman–Crippen LogP) is 3.00. The molecule has 0 aliphatic heterocycles. The third-order valence-corrected chi connectivity index (χ3v) is 3.41. The third kappa shape index (κ3) is 6.05. The maximum absolute atomic E-state index is 12.5. The number of rotatable bonds is 7. The molecule has 1 amide bonds. The zero-order chi connectivity index (χ0) is 16.8. The molecule has 0 bridgehead atoms. The van der Waals surface area contributed by atoms with Crippen LogP contribution in [0.2, 0.25) is 0 Å². The van der Waals surface area contributed by atoms with Crippen LogP contribution in [0.3, 0.4) is 0 Å². The SMILES string of the molecule is CCN[C@H](C)CNC(=O)C(C)Cc1ccc(C(F)(F)F)cc1. The topological polar surface area (TPSA) is 41.1 Å². The lowest BCUT2D eigenvalue weighted by Crippen LogP contribution is -2.41. The first-order chi connectivity index (χ1) is 10.2. The van der Waals surface area contributed by atoms with E-state index in [1.54, 1.807) is 6.92 Å². The summed E-state index contributed by atoms with van der Waals surface area (Å²) in [6.45, 7) is 7.10. The number of likely N-dealkylation sites (N-methyl/N-ethyl adjacent to an activating group) is 1.